The lowest BCUT2D eigenvalue weighted by Crippen LogP contribution is -2.41. The van der Waals surface area contributed by atoms with Crippen LogP contribution in [-0.2, 0) is 4.79 Å². The van der Waals surface area contributed by atoms with Crippen molar-refractivity contribution < 1.29 is 4.79 Å². The summed E-state index contributed by atoms with van der Waals surface area (Å²) in [5.41, 5.74) is 0. The van der Waals surface area contributed by atoms with Crippen molar-refractivity contribution in [3.8, 4) is 0 Å². The van der Waals surface area contributed by atoms with Crippen molar-refractivity contribution in [2.24, 2.45) is 0 Å². The summed E-state index contributed by atoms with van der Waals surface area (Å²) in [6.45, 7) is 8.60. The zero-order valence-corrected chi connectivity index (χ0v) is 10.4. The highest BCUT2D eigenvalue weighted by Crippen LogP contribution is 2.00. The molecule has 4 heteroatoms. The van der Waals surface area contributed by atoms with Crippen LogP contribution in [0.25, 0.3) is 0 Å². The number of hydrogen-bond acceptors (Lipinski definition) is 3. The molecule has 0 aromatic carbocycles. The quantitative estimate of drug-likeness (QED) is 0.675. The van der Waals surface area contributed by atoms with Crippen LogP contribution in [-0.4, -0.2) is 36.0 Å². The first-order valence-corrected chi connectivity index (χ1v) is 6.32. The Morgan fingerprint density at radius 3 is 2.50 bits per heavy atom. The monoisotopic (exact) mass is 218 g/mol. The highest BCUT2D eigenvalue weighted by atomic mass is 32.2. The molecule has 0 aliphatic carbocycles. The van der Waals surface area contributed by atoms with Crippen LogP contribution in [0.15, 0.2) is 0 Å². The predicted octanol–water partition coefficient (Wildman–Crippen LogP) is 1.24. The summed E-state index contributed by atoms with van der Waals surface area (Å²) in [6, 6.07) is 0.627. The van der Waals surface area contributed by atoms with Gasteiger partial charge in [-0.1, -0.05) is 6.92 Å². The summed E-state index contributed by atoms with van der Waals surface area (Å²) in [5.74, 6) is 2.27. The van der Waals surface area contributed by atoms with E-state index in [9.17, 15) is 4.79 Å². The lowest BCUT2D eigenvalue weighted by molar-refractivity contribution is -0.120. The normalized spacial score (nSPS) is 12.9. The second-order valence-corrected chi connectivity index (χ2v) is 4.98. The van der Waals surface area contributed by atoms with Crippen molar-refractivity contribution >= 4 is 17.7 Å². The third-order valence-corrected chi connectivity index (χ3v) is 2.78. The molecule has 0 aromatic heterocycles. The average Bonchev–Trinajstić information content (AvgIpc) is 2.10. The van der Waals surface area contributed by atoms with Crippen LogP contribution < -0.4 is 10.6 Å². The Labute approximate surface area is 91.4 Å². The molecule has 14 heavy (non-hydrogen) atoms. The van der Waals surface area contributed by atoms with Gasteiger partial charge in [0.05, 0.1) is 6.54 Å². The van der Waals surface area contributed by atoms with Gasteiger partial charge in [0.15, 0.2) is 0 Å². The molecule has 0 radical (unpaired) electrons. The van der Waals surface area contributed by atoms with Crippen LogP contribution in [0.2, 0.25) is 0 Å². The first kappa shape index (κ1) is 13.8. The molecule has 84 valence electrons. The minimum Gasteiger partial charge on any atom is -0.353 e. The maximum Gasteiger partial charge on any atom is 0.234 e. The van der Waals surface area contributed by atoms with E-state index in [2.05, 4.69) is 24.5 Å². The second kappa shape index (κ2) is 8.12. The van der Waals surface area contributed by atoms with Gasteiger partial charge in [-0.2, -0.15) is 11.8 Å². The summed E-state index contributed by atoms with van der Waals surface area (Å²) in [7, 11) is 0. The molecular formula is C10H22N2OS. The Hall–Kier alpha value is -0.220. The number of amides is 1. The lowest BCUT2D eigenvalue weighted by Gasteiger charge is -2.14. The van der Waals surface area contributed by atoms with Gasteiger partial charge in [0.25, 0.3) is 0 Å². The van der Waals surface area contributed by atoms with Gasteiger partial charge >= 0.3 is 0 Å². The van der Waals surface area contributed by atoms with Crippen molar-refractivity contribution in [2.75, 3.05) is 18.1 Å². The highest BCUT2D eigenvalue weighted by molar-refractivity contribution is 7.99. The summed E-state index contributed by atoms with van der Waals surface area (Å²) in [6.07, 6.45) is 0. The van der Waals surface area contributed by atoms with Gasteiger partial charge < -0.3 is 10.6 Å². The Morgan fingerprint density at radius 1 is 1.36 bits per heavy atom. The van der Waals surface area contributed by atoms with E-state index in [1.54, 1.807) is 0 Å². The summed E-state index contributed by atoms with van der Waals surface area (Å²) >= 11 is 1.89. The standard InChI is InChI=1S/C10H22N2OS/c1-5-14-7-9(4)11-6-10(13)12-8(2)3/h8-9,11H,5-7H2,1-4H3,(H,12,13). The molecule has 3 nitrogen and oxygen atoms in total. The fourth-order valence-electron chi connectivity index (χ4n) is 0.993. The van der Waals surface area contributed by atoms with Crippen molar-refractivity contribution in [1.82, 2.24) is 10.6 Å². The molecule has 2 N–H and O–H groups in total. The number of thioether (sulfide) groups is 1. The molecule has 0 aromatic rings. The van der Waals surface area contributed by atoms with Crippen LogP contribution in [0.1, 0.15) is 27.7 Å². The minimum atomic E-state index is 0.0772. The summed E-state index contributed by atoms with van der Waals surface area (Å²) < 4.78 is 0. The zero-order valence-electron chi connectivity index (χ0n) is 9.59. The molecule has 0 bridgehead atoms. The third-order valence-electron chi connectivity index (χ3n) is 1.63. The van der Waals surface area contributed by atoms with Gasteiger partial charge in [-0.25, -0.2) is 0 Å². The molecule has 0 saturated carbocycles. The molecule has 1 unspecified atom stereocenters. The van der Waals surface area contributed by atoms with E-state index in [4.69, 9.17) is 0 Å². The highest BCUT2D eigenvalue weighted by Gasteiger charge is 2.05. The van der Waals surface area contributed by atoms with Gasteiger partial charge in [0.2, 0.25) is 5.91 Å². The molecule has 0 fully saturated rings. The summed E-state index contributed by atoms with van der Waals surface area (Å²) in [5, 5.41) is 6.04. The first-order chi connectivity index (χ1) is 6.56. The van der Waals surface area contributed by atoms with E-state index in [0.717, 1.165) is 11.5 Å². The molecule has 1 atom stereocenters. The fourth-order valence-corrected chi connectivity index (χ4v) is 1.70. The van der Waals surface area contributed by atoms with Gasteiger partial charge in [-0.3, -0.25) is 4.79 Å². The van der Waals surface area contributed by atoms with Gasteiger partial charge in [0, 0.05) is 17.8 Å². The Kier molecular flexibility index (Phi) is 7.99. The van der Waals surface area contributed by atoms with Gasteiger partial charge in [-0.15, -0.1) is 0 Å². The topological polar surface area (TPSA) is 41.1 Å². The zero-order chi connectivity index (χ0) is 11.0. The van der Waals surface area contributed by atoms with E-state index in [1.165, 1.54) is 0 Å². The second-order valence-electron chi connectivity index (χ2n) is 3.66. The number of carbonyl (C=O) groups is 1. The number of hydrogen-bond donors (Lipinski definition) is 2. The smallest absolute Gasteiger partial charge is 0.234 e. The largest absolute Gasteiger partial charge is 0.353 e. The average molecular weight is 218 g/mol. The van der Waals surface area contributed by atoms with Gasteiger partial charge in [-0.05, 0) is 26.5 Å². The molecule has 0 aliphatic rings. The maximum absolute atomic E-state index is 11.3. The first-order valence-electron chi connectivity index (χ1n) is 5.16. The van der Waals surface area contributed by atoms with Crippen molar-refractivity contribution in [1.29, 1.82) is 0 Å². The van der Waals surface area contributed by atoms with Crippen LogP contribution in [0, 0.1) is 0 Å². The van der Waals surface area contributed by atoms with Crippen molar-refractivity contribution in [3.05, 3.63) is 0 Å². The number of carbonyl (C=O) groups excluding carboxylic acids is 1. The molecule has 0 heterocycles. The predicted molar refractivity (Wildman–Crippen MR) is 63.7 cm³/mol. The van der Waals surface area contributed by atoms with Crippen LogP contribution in [0.4, 0.5) is 0 Å². The maximum atomic E-state index is 11.3. The van der Waals surface area contributed by atoms with Crippen molar-refractivity contribution in [3.63, 3.8) is 0 Å². The molecule has 0 aliphatic heterocycles. The third kappa shape index (κ3) is 8.38. The van der Waals surface area contributed by atoms with Crippen LogP contribution >= 0.6 is 11.8 Å². The van der Waals surface area contributed by atoms with E-state index >= 15 is 0 Å². The molecule has 0 spiro atoms. The Morgan fingerprint density at radius 2 is 2.00 bits per heavy atom. The SMILES string of the molecule is CCSCC(C)NCC(=O)NC(C)C. The van der Waals surface area contributed by atoms with Crippen LogP contribution in [0.3, 0.4) is 0 Å². The van der Waals surface area contributed by atoms with E-state index < -0.39 is 0 Å². The lowest BCUT2D eigenvalue weighted by atomic mass is 10.3. The van der Waals surface area contributed by atoms with Crippen molar-refractivity contribution in [2.45, 2.75) is 39.8 Å². The number of nitrogens with one attached hydrogen (secondary N) is 2. The minimum absolute atomic E-state index is 0.0772. The van der Waals surface area contributed by atoms with E-state index in [0.29, 0.717) is 12.6 Å². The summed E-state index contributed by atoms with van der Waals surface area (Å²) in [4.78, 5) is 11.3. The fraction of sp³-hybridized carbons (Fsp3) is 0.900. The Balaban J connectivity index is 3.45. The molecule has 1 amide bonds. The molecule has 0 rings (SSSR count). The van der Waals surface area contributed by atoms with E-state index in [-0.39, 0.29) is 11.9 Å². The van der Waals surface area contributed by atoms with Gasteiger partial charge in [0.1, 0.15) is 0 Å². The van der Waals surface area contributed by atoms with E-state index in [1.807, 2.05) is 25.6 Å². The van der Waals surface area contributed by atoms with Crippen LogP contribution in [0.5, 0.6) is 0 Å². The number of rotatable bonds is 7. The molecule has 0 saturated heterocycles. The molecular weight excluding hydrogens is 196 g/mol. The Bertz CT molecular complexity index is 162.